The van der Waals surface area contributed by atoms with E-state index in [2.05, 4.69) is 111 Å². The van der Waals surface area contributed by atoms with Gasteiger partial charge in [0.05, 0.1) is 13.2 Å². The number of carbonyl (C=O) groups is 2. The Hall–Kier alpha value is -3.07. The molecule has 0 aromatic rings. The van der Waals surface area contributed by atoms with Crippen LogP contribution in [0.25, 0.3) is 0 Å². The zero-order chi connectivity index (χ0) is 41.8. The van der Waals surface area contributed by atoms with Crippen molar-refractivity contribution < 1.29 is 37.6 Å². The van der Waals surface area contributed by atoms with Gasteiger partial charge >= 0.3 is 19.8 Å². The Morgan fingerprint density at radius 1 is 0.544 bits per heavy atom. The number of ether oxygens (including phenoxy) is 2. The van der Waals surface area contributed by atoms with Crippen LogP contribution in [0.15, 0.2) is 97.2 Å². The van der Waals surface area contributed by atoms with Gasteiger partial charge in [-0.05, 0) is 96.3 Å². The van der Waals surface area contributed by atoms with E-state index in [4.69, 9.17) is 24.3 Å². The molecule has 0 aromatic carbocycles. The Bertz CT molecular complexity index is 1250. The van der Waals surface area contributed by atoms with E-state index < -0.39 is 32.5 Å². The number of rotatable bonds is 39. The van der Waals surface area contributed by atoms with Gasteiger partial charge in [-0.15, -0.1) is 0 Å². The van der Waals surface area contributed by atoms with Gasteiger partial charge in [0.1, 0.15) is 6.61 Å². The van der Waals surface area contributed by atoms with Gasteiger partial charge in [-0.2, -0.15) is 0 Å². The molecule has 0 radical (unpaired) electrons. The Balaban J connectivity index is 4.29. The number of phosphoric ester groups is 1. The van der Waals surface area contributed by atoms with Gasteiger partial charge in [0.15, 0.2) is 6.10 Å². The quantitative estimate of drug-likeness (QED) is 0.0269. The fourth-order valence-corrected chi connectivity index (χ4v) is 6.02. The van der Waals surface area contributed by atoms with Crippen molar-refractivity contribution in [3.05, 3.63) is 97.2 Å². The monoisotopic (exact) mass is 816 g/mol. The van der Waals surface area contributed by atoms with E-state index >= 15 is 0 Å². The first-order chi connectivity index (χ1) is 27.8. The van der Waals surface area contributed by atoms with Crippen LogP contribution < -0.4 is 5.73 Å². The third-order valence-electron chi connectivity index (χ3n) is 8.45. The van der Waals surface area contributed by atoms with Gasteiger partial charge in [0.25, 0.3) is 0 Å². The number of nitrogens with two attached hydrogens (primary N) is 1. The van der Waals surface area contributed by atoms with Crippen LogP contribution >= 0.6 is 7.82 Å². The molecule has 0 aliphatic rings. The number of phosphoric acid groups is 1. The maximum absolute atomic E-state index is 12.6. The fourth-order valence-electron chi connectivity index (χ4n) is 5.25. The van der Waals surface area contributed by atoms with E-state index in [1.807, 2.05) is 0 Å². The summed E-state index contributed by atoms with van der Waals surface area (Å²) in [4.78, 5) is 34.9. The summed E-state index contributed by atoms with van der Waals surface area (Å²) in [5, 5.41) is 0. The molecule has 0 fully saturated rings. The van der Waals surface area contributed by atoms with Crippen molar-refractivity contribution in [2.75, 3.05) is 26.4 Å². The van der Waals surface area contributed by atoms with Gasteiger partial charge in [-0.1, -0.05) is 143 Å². The summed E-state index contributed by atoms with van der Waals surface area (Å²) in [7, 11) is -4.40. The van der Waals surface area contributed by atoms with Gasteiger partial charge in [0, 0.05) is 19.4 Å². The molecule has 2 unspecified atom stereocenters. The average Bonchev–Trinajstić information content (AvgIpc) is 3.20. The summed E-state index contributed by atoms with van der Waals surface area (Å²) in [6.07, 6.45) is 54.3. The molecule has 0 saturated heterocycles. The summed E-state index contributed by atoms with van der Waals surface area (Å²) >= 11 is 0. The smallest absolute Gasteiger partial charge is 0.462 e. The predicted octanol–water partition coefficient (Wildman–Crippen LogP) is 12.6. The van der Waals surface area contributed by atoms with E-state index in [1.165, 1.54) is 25.7 Å². The molecular formula is C47H78NO8P. The third-order valence-corrected chi connectivity index (χ3v) is 9.44. The molecule has 0 aromatic heterocycles. The average molecular weight is 816 g/mol. The van der Waals surface area contributed by atoms with Crippen LogP contribution in [0.1, 0.15) is 155 Å². The molecule has 0 heterocycles. The summed E-state index contributed by atoms with van der Waals surface area (Å²) < 4.78 is 32.7. The predicted molar refractivity (Wildman–Crippen MR) is 238 cm³/mol. The molecule has 0 saturated carbocycles. The van der Waals surface area contributed by atoms with Crippen molar-refractivity contribution in [2.45, 2.75) is 161 Å². The van der Waals surface area contributed by atoms with Crippen LogP contribution in [0.5, 0.6) is 0 Å². The first-order valence-corrected chi connectivity index (χ1v) is 23.2. The Kier molecular flexibility index (Phi) is 40.2. The Morgan fingerprint density at radius 2 is 0.965 bits per heavy atom. The molecule has 0 spiro atoms. The van der Waals surface area contributed by atoms with Crippen molar-refractivity contribution in [3.63, 3.8) is 0 Å². The lowest BCUT2D eigenvalue weighted by molar-refractivity contribution is -0.161. The zero-order valence-corrected chi connectivity index (χ0v) is 36.4. The number of allylic oxidation sites excluding steroid dienone is 16. The lowest BCUT2D eigenvalue weighted by atomic mass is 10.1. The highest BCUT2D eigenvalue weighted by molar-refractivity contribution is 7.47. The molecule has 3 N–H and O–H groups in total. The first-order valence-electron chi connectivity index (χ1n) is 21.7. The van der Waals surface area contributed by atoms with Crippen molar-refractivity contribution in [1.29, 1.82) is 0 Å². The summed E-state index contributed by atoms with van der Waals surface area (Å²) in [5.41, 5.74) is 5.34. The lowest BCUT2D eigenvalue weighted by Crippen LogP contribution is -2.29. The minimum Gasteiger partial charge on any atom is -0.462 e. The highest BCUT2D eigenvalue weighted by Gasteiger charge is 2.25. The van der Waals surface area contributed by atoms with E-state index in [1.54, 1.807) is 0 Å². The van der Waals surface area contributed by atoms with Crippen LogP contribution in [0, 0.1) is 0 Å². The lowest BCUT2D eigenvalue weighted by Gasteiger charge is -2.19. The van der Waals surface area contributed by atoms with Gasteiger partial charge in [-0.3, -0.25) is 18.6 Å². The van der Waals surface area contributed by atoms with Crippen molar-refractivity contribution in [1.82, 2.24) is 0 Å². The van der Waals surface area contributed by atoms with Crippen molar-refractivity contribution >= 4 is 19.8 Å². The number of hydrogen-bond donors (Lipinski definition) is 2. The molecule has 0 aliphatic carbocycles. The highest BCUT2D eigenvalue weighted by atomic mass is 31.2. The van der Waals surface area contributed by atoms with E-state index in [9.17, 15) is 19.0 Å². The van der Waals surface area contributed by atoms with Crippen LogP contribution in [-0.2, 0) is 32.7 Å². The van der Waals surface area contributed by atoms with E-state index in [0.717, 1.165) is 89.9 Å². The highest BCUT2D eigenvalue weighted by Crippen LogP contribution is 2.43. The molecule has 0 amide bonds. The molecule has 0 aliphatic heterocycles. The maximum Gasteiger partial charge on any atom is 0.472 e. The third kappa shape index (κ3) is 42.4. The molecule has 57 heavy (non-hydrogen) atoms. The largest absolute Gasteiger partial charge is 0.472 e. The SMILES string of the molecule is CCC=CCC=CCC=CCC=CCC=CCCCCCC(=O)OCC(COP(=O)(O)OCCN)OC(=O)CCCCCCC=CCC=CCC=CCCCCC. The summed E-state index contributed by atoms with van der Waals surface area (Å²) in [5.74, 6) is -0.902. The second-order valence-electron chi connectivity index (χ2n) is 13.8. The number of hydrogen-bond acceptors (Lipinski definition) is 8. The van der Waals surface area contributed by atoms with Gasteiger partial charge in [0.2, 0.25) is 0 Å². The zero-order valence-electron chi connectivity index (χ0n) is 35.5. The fraction of sp³-hybridized carbons (Fsp3) is 0.617. The molecule has 10 heteroatoms. The van der Waals surface area contributed by atoms with Crippen LogP contribution in [0.3, 0.4) is 0 Å². The summed E-state index contributed by atoms with van der Waals surface area (Å²) in [6, 6.07) is 0. The number of unbranched alkanes of at least 4 members (excludes halogenated alkanes) is 10. The molecule has 0 bridgehead atoms. The molecule has 0 rings (SSSR count). The van der Waals surface area contributed by atoms with E-state index in [-0.39, 0.29) is 32.6 Å². The van der Waals surface area contributed by atoms with Gasteiger partial charge in [-0.25, -0.2) is 4.57 Å². The molecule has 324 valence electrons. The minimum absolute atomic E-state index is 0.0389. The molecule has 9 nitrogen and oxygen atoms in total. The summed E-state index contributed by atoms with van der Waals surface area (Å²) in [6.45, 7) is 3.50. The van der Waals surface area contributed by atoms with Crippen molar-refractivity contribution in [3.8, 4) is 0 Å². The maximum atomic E-state index is 12.6. The van der Waals surface area contributed by atoms with Crippen LogP contribution in [-0.4, -0.2) is 49.3 Å². The van der Waals surface area contributed by atoms with Crippen molar-refractivity contribution in [2.24, 2.45) is 5.73 Å². The number of carbonyl (C=O) groups excluding carboxylic acids is 2. The number of esters is 2. The normalized spacial score (nSPS) is 14.2. The Labute approximate surface area is 346 Å². The second kappa shape index (κ2) is 42.5. The molecule has 2 atom stereocenters. The molecular weight excluding hydrogens is 737 g/mol. The first kappa shape index (κ1) is 53.9. The van der Waals surface area contributed by atoms with E-state index in [0.29, 0.717) is 12.8 Å². The van der Waals surface area contributed by atoms with Crippen LogP contribution in [0.2, 0.25) is 0 Å². The topological polar surface area (TPSA) is 134 Å². The standard InChI is InChI=1S/C47H78NO8P/c1-3-5-7-9-11-13-15-17-19-21-22-24-25-27-29-31-33-35-37-39-46(49)53-43-45(44-55-57(51,52)54-42-41-48)56-47(50)40-38-36-34-32-30-28-26-23-20-18-16-14-12-10-8-6-4-2/h5,7,11-14,17-20,22,24,26-29,45H,3-4,6,8-10,15-16,21,23,25,30-44,48H2,1-2H3,(H,51,52). The second-order valence-corrected chi connectivity index (χ2v) is 15.3. The Morgan fingerprint density at radius 3 is 1.44 bits per heavy atom. The van der Waals surface area contributed by atoms with Gasteiger partial charge < -0.3 is 20.1 Å². The van der Waals surface area contributed by atoms with Crippen LogP contribution in [0.4, 0.5) is 0 Å². The minimum atomic E-state index is -4.40.